The maximum atomic E-state index is 12.9. The maximum absolute atomic E-state index is 12.9. The van der Waals surface area contributed by atoms with Crippen LogP contribution in [0.2, 0.25) is 5.02 Å². The molecule has 3 aromatic carbocycles. The molecule has 0 aromatic heterocycles. The van der Waals surface area contributed by atoms with Gasteiger partial charge in [0.05, 0.1) is 11.4 Å². The number of thioether (sulfide) groups is 1. The van der Waals surface area contributed by atoms with Gasteiger partial charge in [-0.05, 0) is 78.4 Å². The lowest BCUT2D eigenvalue weighted by atomic mass is 10.1. The molecule has 8 heteroatoms. The fourth-order valence-electron chi connectivity index (χ4n) is 3.30. The lowest BCUT2D eigenvalue weighted by molar-refractivity contribution is -0.123. The number of halogens is 2. The van der Waals surface area contributed by atoms with Gasteiger partial charge in [0.15, 0.2) is 0 Å². The summed E-state index contributed by atoms with van der Waals surface area (Å²) in [6, 6.07) is 20.6. The molecule has 0 unspecified atom stereocenters. The molecule has 1 fully saturated rings. The Morgan fingerprint density at radius 1 is 1.03 bits per heavy atom. The zero-order valence-electron chi connectivity index (χ0n) is 18.3. The third-order valence-corrected chi connectivity index (χ3v) is 6.67. The highest BCUT2D eigenvalue weighted by Gasteiger charge is 2.35. The number of nitrogens with zero attached hydrogens (tertiary/aromatic N) is 1. The topological polar surface area (TPSA) is 55.8 Å². The minimum absolute atomic E-state index is 0.175. The van der Waals surface area contributed by atoms with Crippen LogP contribution in [-0.4, -0.2) is 29.2 Å². The van der Waals surface area contributed by atoms with Gasteiger partial charge in [0.25, 0.3) is 11.1 Å². The molecule has 0 saturated carbocycles. The first-order valence-electron chi connectivity index (χ1n) is 10.5. The van der Waals surface area contributed by atoms with E-state index in [0.29, 0.717) is 33.6 Å². The fraction of sp³-hybridized carbons (Fsp3) is 0.154. The number of carbonyl (C=O) groups is 2. The molecule has 34 heavy (non-hydrogen) atoms. The molecule has 5 nitrogen and oxygen atoms in total. The summed E-state index contributed by atoms with van der Waals surface area (Å²) in [5.74, 6) is 0.971. The summed E-state index contributed by atoms with van der Waals surface area (Å²) in [6.07, 6.45) is 1.69. The van der Waals surface area contributed by atoms with Crippen LogP contribution in [-0.2, 0) is 11.4 Å². The molecule has 1 saturated heterocycles. The number of imide groups is 1. The number of benzene rings is 3. The molecular weight excluding hydrogens is 538 g/mol. The molecular formula is C26H21BrClNO4S. The van der Waals surface area contributed by atoms with Gasteiger partial charge < -0.3 is 9.47 Å². The van der Waals surface area contributed by atoms with Crippen LogP contribution in [0.25, 0.3) is 6.08 Å². The van der Waals surface area contributed by atoms with Crippen LogP contribution >= 0.6 is 39.3 Å². The normalized spacial score (nSPS) is 14.7. The first-order chi connectivity index (χ1) is 16.4. The molecule has 174 valence electrons. The number of carbonyl (C=O) groups excluding carboxylic acids is 2. The fourth-order valence-corrected chi connectivity index (χ4v) is 4.66. The Labute approximate surface area is 215 Å². The predicted molar refractivity (Wildman–Crippen MR) is 139 cm³/mol. The lowest BCUT2D eigenvalue weighted by Gasteiger charge is -2.13. The zero-order chi connectivity index (χ0) is 24.1. The molecule has 2 amide bonds. The summed E-state index contributed by atoms with van der Waals surface area (Å²) in [7, 11) is 0. The SMILES string of the molecule is Cc1cccc(OCCN2C(=O)S/C(=C\c3cc(Br)ccc3OCc3ccc(Cl)cc3)C2=O)c1. The predicted octanol–water partition coefficient (Wildman–Crippen LogP) is 7.11. The summed E-state index contributed by atoms with van der Waals surface area (Å²) in [6.45, 7) is 2.72. The first kappa shape index (κ1) is 24.4. The van der Waals surface area contributed by atoms with Crippen molar-refractivity contribution in [2.24, 2.45) is 0 Å². The van der Waals surface area contributed by atoms with Gasteiger partial charge in [0.2, 0.25) is 0 Å². The van der Waals surface area contributed by atoms with Crippen LogP contribution < -0.4 is 9.47 Å². The smallest absolute Gasteiger partial charge is 0.293 e. The highest BCUT2D eigenvalue weighted by Crippen LogP contribution is 2.35. The first-order valence-corrected chi connectivity index (χ1v) is 12.5. The van der Waals surface area contributed by atoms with Crippen molar-refractivity contribution >= 4 is 56.5 Å². The molecule has 4 rings (SSSR count). The maximum Gasteiger partial charge on any atom is 0.293 e. The monoisotopic (exact) mass is 557 g/mol. The molecule has 0 aliphatic carbocycles. The number of hydrogen-bond acceptors (Lipinski definition) is 5. The van der Waals surface area contributed by atoms with Crippen molar-refractivity contribution in [3.63, 3.8) is 0 Å². The number of hydrogen-bond donors (Lipinski definition) is 0. The second-order valence-corrected chi connectivity index (χ2v) is 9.94. The van der Waals surface area contributed by atoms with Crippen molar-refractivity contribution in [3.8, 4) is 11.5 Å². The van der Waals surface area contributed by atoms with E-state index in [1.165, 1.54) is 4.90 Å². The molecule has 3 aromatic rings. The minimum Gasteiger partial charge on any atom is -0.492 e. The van der Waals surface area contributed by atoms with Gasteiger partial charge in [-0.15, -0.1) is 0 Å². The van der Waals surface area contributed by atoms with E-state index in [-0.39, 0.29) is 24.3 Å². The van der Waals surface area contributed by atoms with Crippen molar-refractivity contribution in [2.75, 3.05) is 13.2 Å². The molecule has 0 N–H and O–H groups in total. The summed E-state index contributed by atoms with van der Waals surface area (Å²) in [4.78, 5) is 27.0. The van der Waals surface area contributed by atoms with Gasteiger partial charge >= 0.3 is 0 Å². The Hall–Kier alpha value is -2.74. The highest BCUT2D eigenvalue weighted by molar-refractivity contribution is 9.10. The zero-order valence-corrected chi connectivity index (χ0v) is 21.5. The highest BCUT2D eigenvalue weighted by atomic mass is 79.9. The second kappa shape index (κ2) is 11.1. The standard InChI is InChI=1S/C26H21BrClNO4S/c1-17-3-2-4-22(13-17)32-12-11-29-25(30)24(34-26(29)31)15-19-14-20(27)7-10-23(19)33-16-18-5-8-21(28)9-6-18/h2-10,13-15H,11-12,16H2,1H3/b24-15-. The number of amides is 2. The molecule has 1 aliphatic heterocycles. The van der Waals surface area contributed by atoms with Crippen LogP contribution in [0.4, 0.5) is 4.79 Å². The van der Waals surface area contributed by atoms with E-state index in [4.69, 9.17) is 21.1 Å². The van der Waals surface area contributed by atoms with E-state index in [0.717, 1.165) is 27.4 Å². The van der Waals surface area contributed by atoms with Gasteiger partial charge in [0, 0.05) is 15.1 Å². The Bertz CT molecular complexity index is 1250. The number of aryl methyl sites for hydroxylation is 1. The summed E-state index contributed by atoms with van der Waals surface area (Å²) < 4.78 is 12.5. The van der Waals surface area contributed by atoms with Gasteiger partial charge in [-0.1, -0.05) is 51.8 Å². The average molecular weight is 559 g/mol. The van der Waals surface area contributed by atoms with E-state index in [2.05, 4.69) is 15.9 Å². The Morgan fingerprint density at radius 2 is 1.82 bits per heavy atom. The van der Waals surface area contributed by atoms with Crippen LogP contribution in [0.15, 0.2) is 76.1 Å². The summed E-state index contributed by atoms with van der Waals surface area (Å²) >= 11 is 10.3. The van der Waals surface area contributed by atoms with Crippen molar-refractivity contribution in [3.05, 3.63) is 97.8 Å². The molecule has 0 spiro atoms. The van der Waals surface area contributed by atoms with Crippen LogP contribution in [0.5, 0.6) is 11.5 Å². The largest absolute Gasteiger partial charge is 0.492 e. The van der Waals surface area contributed by atoms with E-state index in [1.807, 2.05) is 61.5 Å². The van der Waals surface area contributed by atoms with Gasteiger partial charge in [0.1, 0.15) is 24.7 Å². The van der Waals surface area contributed by atoms with E-state index in [9.17, 15) is 9.59 Å². The number of rotatable bonds is 8. The van der Waals surface area contributed by atoms with Gasteiger partial charge in [-0.2, -0.15) is 0 Å². The minimum atomic E-state index is -0.341. The van der Waals surface area contributed by atoms with Crippen molar-refractivity contribution in [1.29, 1.82) is 0 Å². The summed E-state index contributed by atoms with van der Waals surface area (Å²) in [5, 5.41) is 0.343. The van der Waals surface area contributed by atoms with Crippen LogP contribution in [0.1, 0.15) is 16.7 Å². The second-order valence-electron chi connectivity index (χ2n) is 7.60. The van der Waals surface area contributed by atoms with Crippen molar-refractivity contribution in [2.45, 2.75) is 13.5 Å². The van der Waals surface area contributed by atoms with Gasteiger partial charge in [-0.25, -0.2) is 0 Å². The Morgan fingerprint density at radius 3 is 2.59 bits per heavy atom. The Balaban J connectivity index is 1.44. The third-order valence-electron chi connectivity index (χ3n) is 5.01. The third kappa shape index (κ3) is 6.23. The Kier molecular flexibility index (Phi) is 7.98. The quantitative estimate of drug-likeness (QED) is 0.276. The summed E-state index contributed by atoms with van der Waals surface area (Å²) in [5.41, 5.74) is 2.74. The molecule has 0 atom stereocenters. The van der Waals surface area contributed by atoms with Crippen molar-refractivity contribution < 1.29 is 19.1 Å². The van der Waals surface area contributed by atoms with Gasteiger partial charge in [-0.3, -0.25) is 14.5 Å². The molecule has 0 radical (unpaired) electrons. The van der Waals surface area contributed by atoms with Crippen LogP contribution in [0, 0.1) is 6.92 Å². The number of ether oxygens (including phenoxy) is 2. The van der Waals surface area contributed by atoms with Crippen LogP contribution in [0.3, 0.4) is 0 Å². The molecule has 0 bridgehead atoms. The van der Waals surface area contributed by atoms with Crippen molar-refractivity contribution in [1.82, 2.24) is 4.90 Å². The lowest BCUT2D eigenvalue weighted by Crippen LogP contribution is -2.32. The van der Waals surface area contributed by atoms with E-state index < -0.39 is 0 Å². The van der Waals surface area contributed by atoms with E-state index in [1.54, 1.807) is 18.2 Å². The molecule has 1 aliphatic rings. The molecule has 1 heterocycles. The average Bonchev–Trinajstić information content (AvgIpc) is 3.07. The van der Waals surface area contributed by atoms with E-state index >= 15 is 0 Å².